The number of fused-ring (bicyclic) bond motifs is 1. The highest BCUT2D eigenvalue weighted by atomic mass is 32.1. The van der Waals surface area contributed by atoms with Crippen molar-refractivity contribution in [3.05, 3.63) is 82.2 Å². The third-order valence-electron chi connectivity index (χ3n) is 4.76. The van der Waals surface area contributed by atoms with Crippen molar-refractivity contribution in [1.29, 1.82) is 0 Å². The molecule has 0 aliphatic rings. The molecule has 0 spiro atoms. The molecular formula is C24H24N2O3S. The Kier molecular flexibility index (Phi) is 6.44. The molecule has 0 radical (unpaired) electrons. The molecule has 6 heteroatoms. The molecule has 1 N–H and O–H groups in total. The number of nitrogens with zero attached hydrogens (tertiary/aromatic N) is 1. The lowest BCUT2D eigenvalue weighted by Gasteiger charge is -2.06. The van der Waals surface area contributed by atoms with Crippen molar-refractivity contribution in [1.82, 2.24) is 10.3 Å². The van der Waals surface area contributed by atoms with Gasteiger partial charge in [0.15, 0.2) is 5.76 Å². The van der Waals surface area contributed by atoms with E-state index in [9.17, 15) is 4.79 Å². The first-order valence-corrected chi connectivity index (χ1v) is 10.9. The fraction of sp³-hybridized carbons (Fsp3) is 0.250. The number of furan rings is 1. The van der Waals surface area contributed by atoms with E-state index in [1.807, 2.05) is 37.3 Å². The summed E-state index contributed by atoms with van der Waals surface area (Å²) in [6, 6.07) is 17.6. The van der Waals surface area contributed by atoms with Gasteiger partial charge in [-0.25, -0.2) is 4.98 Å². The molecule has 2 heterocycles. The van der Waals surface area contributed by atoms with E-state index in [-0.39, 0.29) is 12.5 Å². The summed E-state index contributed by atoms with van der Waals surface area (Å²) in [6.07, 6.45) is 2.85. The summed E-state index contributed by atoms with van der Waals surface area (Å²) in [5.41, 5.74) is 1.07. The molecule has 4 rings (SSSR count). The number of unbranched alkanes of at least 4 members (excludes halogenated alkanes) is 1. The first kappa shape index (κ1) is 20.2. The number of carbonyl (C=O) groups is 1. The highest BCUT2D eigenvalue weighted by molar-refractivity contribution is 7.09. The zero-order chi connectivity index (χ0) is 20.8. The van der Waals surface area contributed by atoms with Gasteiger partial charge in [0, 0.05) is 17.6 Å². The van der Waals surface area contributed by atoms with Crippen LogP contribution in [-0.2, 0) is 13.0 Å². The van der Waals surface area contributed by atoms with Gasteiger partial charge in [0.05, 0.1) is 5.01 Å². The van der Waals surface area contributed by atoms with Gasteiger partial charge in [-0.1, -0.05) is 30.3 Å². The fourth-order valence-electron chi connectivity index (χ4n) is 3.20. The molecule has 154 valence electrons. The van der Waals surface area contributed by atoms with Gasteiger partial charge in [0.1, 0.15) is 18.1 Å². The quantitative estimate of drug-likeness (QED) is 0.362. The Hall–Kier alpha value is -3.12. The maximum Gasteiger partial charge on any atom is 0.286 e. The second-order valence-corrected chi connectivity index (χ2v) is 8.10. The van der Waals surface area contributed by atoms with Crippen molar-refractivity contribution in [3.8, 4) is 5.75 Å². The maximum atomic E-state index is 12.3. The molecule has 0 fully saturated rings. The lowest BCUT2D eigenvalue weighted by Crippen LogP contribution is -2.24. The molecule has 0 aliphatic heterocycles. The summed E-state index contributed by atoms with van der Waals surface area (Å²) in [4.78, 5) is 16.7. The van der Waals surface area contributed by atoms with Crippen LogP contribution in [-0.4, -0.2) is 17.4 Å². The number of nitrogens with one attached hydrogen (secondary N) is 1. The number of ether oxygens (including phenoxy) is 1. The van der Waals surface area contributed by atoms with Gasteiger partial charge >= 0.3 is 0 Å². The Morgan fingerprint density at radius 1 is 1.10 bits per heavy atom. The van der Waals surface area contributed by atoms with Crippen LogP contribution in [0.2, 0.25) is 0 Å². The second kappa shape index (κ2) is 9.59. The van der Waals surface area contributed by atoms with Crippen molar-refractivity contribution in [2.75, 3.05) is 6.54 Å². The number of carbonyl (C=O) groups excluding carboxylic acids is 1. The predicted octanol–water partition coefficient (Wildman–Crippen LogP) is 5.53. The highest BCUT2D eigenvalue weighted by Crippen LogP contribution is 2.22. The summed E-state index contributed by atoms with van der Waals surface area (Å²) >= 11 is 1.69. The van der Waals surface area contributed by atoms with E-state index in [2.05, 4.69) is 27.8 Å². The molecule has 4 aromatic rings. The van der Waals surface area contributed by atoms with Crippen LogP contribution >= 0.6 is 11.3 Å². The smallest absolute Gasteiger partial charge is 0.286 e. The topological polar surface area (TPSA) is 64.4 Å². The molecule has 0 atom stereocenters. The molecule has 0 unspecified atom stereocenters. The van der Waals surface area contributed by atoms with Crippen LogP contribution in [0.4, 0.5) is 0 Å². The van der Waals surface area contributed by atoms with Gasteiger partial charge in [-0.15, -0.1) is 11.3 Å². The number of hydrogen-bond acceptors (Lipinski definition) is 5. The SMILES string of the molecule is Cc1csc(CCCCNC(=O)c2ccc(COc3ccc4ccccc4c3)o2)n1. The molecule has 1 amide bonds. The molecular weight excluding hydrogens is 396 g/mol. The Morgan fingerprint density at radius 2 is 1.97 bits per heavy atom. The minimum absolute atomic E-state index is 0.197. The normalized spacial score (nSPS) is 11.0. The first-order chi connectivity index (χ1) is 14.7. The number of aryl methyl sites for hydroxylation is 2. The number of thiazole rings is 1. The Bertz CT molecular complexity index is 1130. The summed E-state index contributed by atoms with van der Waals surface area (Å²) in [5, 5.41) is 8.42. The van der Waals surface area contributed by atoms with Gasteiger partial charge in [-0.05, 0) is 61.2 Å². The summed E-state index contributed by atoms with van der Waals surface area (Å²) in [6.45, 7) is 2.90. The van der Waals surface area contributed by atoms with Gasteiger partial charge in [-0.2, -0.15) is 0 Å². The number of hydrogen-bond donors (Lipinski definition) is 1. The van der Waals surface area contributed by atoms with Crippen LogP contribution in [0.15, 0.2) is 64.4 Å². The van der Waals surface area contributed by atoms with E-state index in [1.165, 1.54) is 5.39 Å². The van der Waals surface area contributed by atoms with Crippen molar-refractivity contribution < 1.29 is 13.9 Å². The standard InChI is InChI=1S/C24H24N2O3S/c1-17-16-30-23(26-17)8-4-5-13-25-24(27)22-12-11-21(29-22)15-28-20-10-9-18-6-2-3-7-19(18)14-20/h2-3,6-7,9-12,14,16H,4-5,8,13,15H2,1H3,(H,25,27). The number of benzene rings is 2. The maximum absolute atomic E-state index is 12.3. The average molecular weight is 421 g/mol. The third kappa shape index (κ3) is 5.27. The van der Waals surface area contributed by atoms with Crippen LogP contribution in [0.25, 0.3) is 10.8 Å². The van der Waals surface area contributed by atoms with Crippen LogP contribution in [0.3, 0.4) is 0 Å². The molecule has 0 saturated heterocycles. The van der Waals surface area contributed by atoms with Gasteiger partial charge in [0.2, 0.25) is 0 Å². The van der Waals surface area contributed by atoms with Crippen molar-refractivity contribution in [3.63, 3.8) is 0 Å². The Morgan fingerprint density at radius 3 is 2.80 bits per heavy atom. The van der Waals surface area contributed by atoms with Gasteiger partial charge in [0.25, 0.3) is 5.91 Å². The lowest BCUT2D eigenvalue weighted by molar-refractivity contribution is 0.0921. The van der Waals surface area contributed by atoms with Crippen LogP contribution in [0, 0.1) is 6.92 Å². The van der Waals surface area contributed by atoms with E-state index in [1.54, 1.807) is 23.5 Å². The zero-order valence-electron chi connectivity index (χ0n) is 16.9. The van der Waals surface area contributed by atoms with Crippen molar-refractivity contribution >= 4 is 28.0 Å². The van der Waals surface area contributed by atoms with Gasteiger partial charge < -0.3 is 14.5 Å². The minimum Gasteiger partial charge on any atom is -0.486 e. The van der Waals surface area contributed by atoms with Crippen LogP contribution in [0.1, 0.15) is 39.9 Å². The largest absolute Gasteiger partial charge is 0.486 e. The molecule has 0 bridgehead atoms. The molecule has 2 aromatic carbocycles. The highest BCUT2D eigenvalue weighted by Gasteiger charge is 2.11. The van der Waals surface area contributed by atoms with E-state index < -0.39 is 0 Å². The Labute approximate surface area is 179 Å². The second-order valence-electron chi connectivity index (χ2n) is 7.16. The van der Waals surface area contributed by atoms with Crippen LogP contribution in [0.5, 0.6) is 5.75 Å². The number of aromatic nitrogens is 1. The minimum atomic E-state index is -0.197. The van der Waals surface area contributed by atoms with Crippen LogP contribution < -0.4 is 10.1 Å². The van der Waals surface area contributed by atoms with E-state index in [4.69, 9.17) is 9.15 Å². The third-order valence-corrected chi connectivity index (χ3v) is 5.78. The molecule has 30 heavy (non-hydrogen) atoms. The number of amides is 1. The summed E-state index contributed by atoms with van der Waals surface area (Å²) in [5.74, 6) is 1.50. The molecule has 2 aromatic heterocycles. The van der Waals surface area contributed by atoms with E-state index in [0.29, 0.717) is 18.1 Å². The van der Waals surface area contributed by atoms with E-state index in [0.717, 1.165) is 41.1 Å². The summed E-state index contributed by atoms with van der Waals surface area (Å²) < 4.78 is 11.5. The Balaban J connectivity index is 1.21. The molecule has 0 aliphatic carbocycles. The molecule has 0 saturated carbocycles. The lowest BCUT2D eigenvalue weighted by atomic mass is 10.1. The first-order valence-electron chi connectivity index (χ1n) is 10.1. The van der Waals surface area contributed by atoms with Crippen molar-refractivity contribution in [2.24, 2.45) is 0 Å². The summed E-state index contributed by atoms with van der Waals surface area (Å²) in [7, 11) is 0. The predicted molar refractivity (Wildman–Crippen MR) is 119 cm³/mol. The fourth-order valence-corrected chi connectivity index (χ4v) is 4.02. The average Bonchev–Trinajstić information content (AvgIpc) is 3.41. The van der Waals surface area contributed by atoms with Crippen molar-refractivity contribution in [2.45, 2.75) is 32.8 Å². The number of rotatable bonds is 9. The van der Waals surface area contributed by atoms with E-state index >= 15 is 0 Å². The van der Waals surface area contributed by atoms with Gasteiger partial charge in [-0.3, -0.25) is 4.79 Å². The molecule has 5 nitrogen and oxygen atoms in total. The zero-order valence-corrected chi connectivity index (χ0v) is 17.7. The monoisotopic (exact) mass is 420 g/mol.